The van der Waals surface area contributed by atoms with Crippen molar-refractivity contribution in [3.05, 3.63) is 64.1 Å². The number of nitrogens with zero attached hydrogens (tertiary/aromatic N) is 1. The first-order valence-electron chi connectivity index (χ1n) is 8.57. The first-order valence-corrected chi connectivity index (χ1v) is 9.36. The Labute approximate surface area is 161 Å². The molecule has 0 saturated carbocycles. The number of hydrogen-bond donors (Lipinski definition) is 1. The lowest BCUT2D eigenvalue weighted by Crippen LogP contribution is -2.46. The van der Waals surface area contributed by atoms with E-state index in [1.807, 2.05) is 35.2 Å². The molecular weight excluding hydrogens is 396 g/mol. The van der Waals surface area contributed by atoms with Crippen molar-refractivity contribution in [1.82, 2.24) is 10.2 Å². The first-order chi connectivity index (χ1) is 12.6. The monoisotopic (exact) mass is 416 g/mol. The number of carbonyl (C=O) groups is 2. The van der Waals surface area contributed by atoms with Crippen molar-refractivity contribution in [2.24, 2.45) is 0 Å². The number of methoxy groups -OCH3 is 1. The van der Waals surface area contributed by atoms with Crippen molar-refractivity contribution < 1.29 is 14.3 Å². The Morgan fingerprint density at radius 1 is 1.12 bits per heavy atom. The van der Waals surface area contributed by atoms with Crippen LogP contribution >= 0.6 is 15.9 Å². The van der Waals surface area contributed by atoms with E-state index >= 15 is 0 Å². The fourth-order valence-electron chi connectivity index (χ4n) is 3.05. The summed E-state index contributed by atoms with van der Waals surface area (Å²) in [6.07, 6.45) is 1.48. The molecule has 0 bridgehead atoms. The van der Waals surface area contributed by atoms with Crippen molar-refractivity contribution in [2.75, 3.05) is 20.2 Å². The molecule has 1 saturated heterocycles. The van der Waals surface area contributed by atoms with Crippen LogP contribution in [-0.4, -0.2) is 43.0 Å². The van der Waals surface area contributed by atoms with Crippen molar-refractivity contribution in [3.8, 4) is 5.75 Å². The molecule has 0 aliphatic carbocycles. The number of hydrogen-bond acceptors (Lipinski definition) is 3. The molecule has 0 unspecified atom stereocenters. The highest BCUT2D eigenvalue weighted by Crippen LogP contribution is 2.25. The molecule has 0 atom stereocenters. The molecule has 26 heavy (non-hydrogen) atoms. The molecule has 6 heteroatoms. The van der Waals surface area contributed by atoms with Crippen LogP contribution in [0.15, 0.2) is 53.0 Å². The summed E-state index contributed by atoms with van der Waals surface area (Å²) in [6.45, 7) is 1.23. The van der Waals surface area contributed by atoms with Gasteiger partial charge in [-0.2, -0.15) is 0 Å². The van der Waals surface area contributed by atoms with Gasteiger partial charge in [-0.25, -0.2) is 0 Å². The van der Waals surface area contributed by atoms with Crippen LogP contribution in [0.2, 0.25) is 0 Å². The lowest BCUT2D eigenvalue weighted by atomic mass is 10.0. The van der Waals surface area contributed by atoms with Crippen LogP contribution in [-0.2, 0) is 0 Å². The molecule has 1 aliphatic heterocycles. The Balaban J connectivity index is 1.58. The molecule has 2 amide bonds. The van der Waals surface area contributed by atoms with Gasteiger partial charge in [0, 0.05) is 29.2 Å². The van der Waals surface area contributed by atoms with E-state index in [0.717, 1.165) is 17.3 Å². The molecule has 1 fully saturated rings. The molecule has 136 valence electrons. The largest absolute Gasteiger partial charge is 0.497 e. The van der Waals surface area contributed by atoms with Gasteiger partial charge in [-0.3, -0.25) is 9.59 Å². The Kier molecular flexibility index (Phi) is 5.93. The molecule has 1 aliphatic rings. The summed E-state index contributed by atoms with van der Waals surface area (Å²) in [6, 6.07) is 14.6. The van der Waals surface area contributed by atoms with Crippen LogP contribution in [0.25, 0.3) is 0 Å². The van der Waals surface area contributed by atoms with E-state index in [2.05, 4.69) is 21.2 Å². The third kappa shape index (κ3) is 4.25. The molecule has 1 N–H and O–H groups in total. The van der Waals surface area contributed by atoms with Crippen molar-refractivity contribution in [2.45, 2.75) is 18.9 Å². The standard InChI is InChI=1S/C20H21BrN2O3/c1-26-16-7-8-18(21)17(13-16)20(25)23-11-9-15(10-12-23)22-19(24)14-5-3-2-4-6-14/h2-8,13,15H,9-12H2,1H3,(H,22,24). The first kappa shape index (κ1) is 18.5. The molecule has 1 heterocycles. The summed E-state index contributed by atoms with van der Waals surface area (Å²) < 4.78 is 5.96. The van der Waals surface area contributed by atoms with Crippen molar-refractivity contribution in [1.29, 1.82) is 0 Å². The van der Waals surface area contributed by atoms with Gasteiger partial charge in [-0.15, -0.1) is 0 Å². The minimum Gasteiger partial charge on any atom is -0.497 e. The van der Waals surface area contributed by atoms with Gasteiger partial charge in [0.25, 0.3) is 11.8 Å². The minimum absolute atomic E-state index is 0.0244. The molecule has 3 rings (SSSR count). The third-order valence-corrected chi connectivity index (χ3v) is 5.25. The number of rotatable bonds is 4. The zero-order valence-electron chi connectivity index (χ0n) is 14.6. The van der Waals surface area contributed by atoms with Crippen LogP contribution in [0.4, 0.5) is 0 Å². The number of likely N-dealkylation sites (tertiary alicyclic amines) is 1. The summed E-state index contributed by atoms with van der Waals surface area (Å²) in [5.41, 5.74) is 1.25. The Morgan fingerprint density at radius 3 is 2.46 bits per heavy atom. The molecule has 0 aromatic heterocycles. The SMILES string of the molecule is COc1ccc(Br)c(C(=O)N2CCC(NC(=O)c3ccccc3)CC2)c1. The van der Waals surface area contributed by atoms with E-state index in [0.29, 0.717) is 30.0 Å². The summed E-state index contributed by atoms with van der Waals surface area (Å²) in [7, 11) is 1.58. The minimum atomic E-state index is -0.0640. The van der Waals surface area contributed by atoms with E-state index in [-0.39, 0.29) is 17.9 Å². The Bertz CT molecular complexity index is 787. The van der Waals surface area contributed by atoms with E-state index < -0.39 is 0 Å². The molecule has 2 aromatic carbocycles. The van der Waals surface area contributed by atoms with Crippen LogP contribution in [0.3, 0.4) is 0 Å². The number of benzene rings is 2. The molecule has 2 aromatic rings. The number of halogens is 1. The number of carbonyl (C=O) groups excluding carboxylic acids is 2. The highest BCUT2D eigenvalue weighted by atomic mass is 79.9. The van der Waals surface area contributed by atoms with Crippen LogP contribution in [0, 0.1) is 0 Å². The van der Waals surface area contributed by atoms with Gasteiger partial charge < -0.3 is 15.0 Å². The summed E-state index contributed by atoms with van der Waals surface area (Å²) >= 11 is 3.44. The zero-order chi connectivity index (χ0) is 18.5. The number of nitrogens with one attached hydrogen (secondary N) is 1. The average Bonchev–Trinajstić information content (AvgIpc) is 2.69. The fourth-order valence-corrected chi connectivity index (χ4v) is 3.47. The maximum absolute atomic E-state index is 12.8. The lowest BCUT2D eigenvalue weighted by molar-refractivity contribution is 0.0697. The van der Waals surface area contributed by atoms with Crippen molar-refractivity contribution in [3.63, 3.8) is 0 Å². The number of amides is 2. The van der Waals surface area contributed by atoms with Crippen LogP contribution in [0.5, 0.6) is 5.75 Å². The van der Waals surface area contributed by atoms with E-state index in [1.54, 1.807) is 25.3 Å². The van der Waals surface area contributed by atoms with Gasteiger partial charge in [0.05, 0.1) is 12.7 Å². The third-order valence-electron chi connectivity index (χ3n) is 4.56. The maximum Gasteiger partial charge on any atom is 0.255 e. The van der Waals surface area contributed by atoms with Gasteiger partial charge in [0.1, 0.15) is 5.75 Å². The normalized spacial score (nSPS) is 14.8. The van der Waals surface area contributed by atoms with Gasteiger partial charge in [0.15, 0.2) is 0 Å². The summed E-state index contributed by atoms with van der Waals surface area (Å²) in [5.74, 6) is 0.566. The summed E-state index contributed by atoms with van der Waals surface area (Å²) in [5, 5.41) is 3.06. The average molecular weight is 417 g/mol. The van der Waals surface area contributed by atoms with Gasteiger partial charge >= 0.3 is 0 Å². The Morgan fingerprint density at radius 2 is 1.81 bits per heavy atom. The van der Waals surface area contributed by atoms with Gasteiger partial charge in [0.2, 0.25) is 0 Å². The molecule has 0 spiro atoms. The van der Waals surface area contributed by atoms with Crippen LogP contribution in [0.1, 0.15) is 33.6 Å². The zero-order valence-corrected chi connectivity index (χ0v) is 16.2. The van der Waals surface area contributed by atoms with Gasteiger partial charge in [-0.05, 0) is 59.1 Å². The second-order valence-corrected chi connectivity index (χ2v) is 7.11. The van der Waals surface area contributed by atoms with E-state index in [4.69, 9.17) is 4.74 Å². The highest BCUT2D eigenvalue weighted by molar-refractivity contribution is 9.10. The second-order valence-electron chi connectivity index (χ2n) is 6.25. The predicted molar refractivity (Wildman–Crippen MR) is 104 cm³/mol. The molecule has 5 nitrogen and oxygen atoms in total. The van der Waals surface area contributed by atoms with E-state index in [1.165, 1.54) is 0 Å². The number of ether oxygens (including phenoxy) is 1. The maximum atomic E-state index is 12.8. The highest BCUT2D eigenvalue weighted by Gasteiger charge is 2.26. The second kappa shape index (κ2) is 8.36. The quantitative estimate of drug-likeness (QED) is 0.829. The van der Waals surface area contributed by atoms with Gasteiger partial charge in [-0.1, -0.05) is 18.2 Å². The lowest BCUT2D eigenvalue weighted by Gasteiger charge is -2.32. The molecule has 0 radical (unpaired) electrons. The molecular formula is C20H21BrN2O3. The van der Waals surface area contributed by atoms with Crippen molar-refractivity contribution >= 4 is 27.7 Å². The predicted octanol–water partition coefficient (Wildman–Crippen LogP) is 3.49. The van der Waals surface area contributed by atoms with Crippen LogP contribution < -0.4 is 10.1 Å². The fraction of sp³-hybridized carbons (Fsp3) is 0.300. The topological polar surface area (TPSA) is 58.6 Å². The summed E-state index contributed by atoms with van der Waals surface area (Å²) in [4.78, 5) is 26.9. The Hall–Kier alpha value is -2.34. The van der Waals surface area contributed by atoms with E-state index in [9.17, 15) is 9.59 Å². The number of piperidine rings is 1. The smallest absolute Gasteiger partial charge is 0.255 e.